The summed E-state index contributed by atoms with van der Waals surface area (Å²) in [5.74, 6) is -0.0982. The molecule has 2 aromatic heterocycles. The lowest BCUT2D eigenvalue weighted by atomic mass is 9.99. The average molecular weight is 482 g/mol. The van der Waals surface area contributed by atoms with E-state index in [1.165, 1.54) is 0 Å². The minimum absolute atomic E-state index is 0.0948. The number of aliphatic hydroxyl groups is 1. The second-order valence-corrected chi connectivity index (χ2v) is 9.75. The van der Waals surface area contributed by atoms with Crippen LogP contribution in [0.25, 0.3) is 11.1 Å². The summed E-state index contributed by atoms with van der Waals surface area (Å²) >= 11 is 0. The maximum absolute atomic E-state index is 13.6. The standard InChI is InChI=1S/C26H35N5O4/c1-17-14-31(18(2)16-32)25(33)22-11-20(19-7-6-10-27-12-19)13-28-24(22)35-23(17)15-30(3)26(34)29-21-8-4-5-9-21/h6-7,10-13,17-18,21,23,32H,4-5,8-9,14-16H2,1-3H3,(H,29,34)/t17-,18-,23-/m1/s1. The number of nitrogens with one attached hydrogen (secondary N) is 1. The molecule has 2 aromatic rings. The number of pyridine rings is 2. The Morgan fingerprint density at radius 3 is 2.77 bits per heavy atom. The number of amides is 3. The molecule has 2 aliphatic rings. The van der Waals surface area contributed by atoms with Gasteiger partial charge in [0, 0.05) is 55.3 Å². The number of urea groups is 1. The Bertz CT molecular complexity index is 1030. The Balaban J connectivity index is 1.61. The Morgan fingerprint density at radius 1 is 1.31 bits per heavy atom. The van der Waals surface area contributed by atoms with Crippen LogP contribution in [0.1, 0.15) is 49.9 Å². The number of carbonyl (C=O) groups is 2. The van der Waals surface area contributed by atoms with Crippen LogP contribution in [0.5, 0.6) is 5.88 Å². The highest BCUT2D eigenvalue weighted by Crippen LogP contribution is 2.30. The van der Waals surface area contributed by atoms with Gasteiger partial charge in [0.15, 0.2) is 0 Å². The number of aromatic nitrogens is 2. The summed E-state index contributed by atoms with van der Waals surface area (Å²) in [4.78, 5) is 38.3. The van der Waals surface area contributed by atoms with Gasteiger partial charge in [-0.15, -0.1) is 0 Å². The largest absolute Gasteiger partial charge is 0.472 e. The number of nitrogens with zero attached hydrogens (tertiary/aromatic N) is 4. The van der Waals surface area contributed by atoms with Crippen molar-refractivity contribution in [3.05, 3.63) is 42.4 Å². The molecule has 4 rings (SSSR count). The van der Waals surface area contributed by atoms with E-state index in [0.29, 0.717) is 18.7 Å². The van der Waals surface area contributed by atoms with Gasteiger partial charge in [0.05, 0.1) is 19.2 Å². The first-order chi connectivity index (χ1) is 16.9. The van der Waals surface area contributed by atoms with E-state index in [1.807, 2.05) is 26.0 Å². The zero-order valence-electron chi connectivity index (χ0n) is 20.7. The summed E-state index contributed by atoms with van der Waals surface area (Å²) < 4.78 is 6.30. The molecule has 2 N–H and O–H groups in total. The van der Waals surface area contributed by atoms with Gasteiger partial charge in [-0.1, -0.05) is 25.8 Å². The molecule has 3 amide bonds. The van der Waals surface area contributed by atoms with Crippen LogP contribution < -0.4 is 10.1 Å². The quantitative estimate of drug-likeness (QED) is 0.657. The summed E-state index contributed by atoms with van der Waals surface area (Å²) in [5, 5.41) is 13.0. The predicted molar refractivity (Wildman–Crippen MR) is 132 cm³/mol. The first-order valence-corrected chi connectivity index (χ1v) is 12.4. The van der Waals surface area contributed by atoms with E-state index in [2.05, 4.69) is 15.3 Å². The molecule has 1 aliphatic carbocycles. The fraction of sp³-hybridized carbons (Fsp3) is 0.538. The van der Waals surface area contributed by atoms with Crippen molar-refractivity contribution in [2.45, 2.75) is 57.7 Å². The summed E-state index contributed by atoms with van der Waals surface area (Å²) in [6.07, 6.45) is 9.02. The highest BCUT2D eigenvalue weighted by Gasteiger charge is 2.35. The average Bonchev–Trinajstić information content (AvgIpc) is 3.39. The van der Waals surface area contributed by atoms with Crippen molar-refractivity contribution in [1.82, 2.24) is 25.1 Å². The number of aliphatic hydroxyl groups excluding tert-OH is 1. The van der Waals surface area contributed by atoms with Crippen LogP contribution in [0.4, 0.5) is 4.79 Å². The van der Waals surface area contributed by atoms with Gasteiger partial charge in [-0.05, 0) is 31.9 Å². The Kier molecular flexibility index (Phi) is 7.85. The summed E-state index contributed by atoms with van der Waals surface area (Å²) in [6.45, 7) is 4.40. The highest BCUT2D eigenvalue weighted by molar-refractivity contribution is 5.98. The molecular weight excluding hydrogens is 446 g/mol. The lowest BCUT2D eigenvalue weighted by molar-refractivity contribution is 0.0351. The Morgan fingerprint density at radius 2 is 2.09 bits per heavy atom. The van der Waals surface area contributed by atoms with Gasteiger partial charge in [0.2, 0.25) is 5.88 Å². The number of carbonyl (C=O) groups excluding carboxylic acids is 2. The minimum atomic E-state index is -0.383. The van der Waals surface area contributed by atoms with Crippen molar-refractivity contribution in [3.8, 4) is 17.0 Å². The van der Waals surface area contributed by atoms with Crippen LogP contribution in [0.2, 0.25) is 0 Å². The predicted octanol–water partition coefficient (Wildman–Crippen LogP) is 2.95. The van der Waals surface area contributed by atoms with E-state index < -0.39 is 0 Å². The van der Waals surface area contributed by atoms with Crippen molar-refractivity contribution >= 4 is 11.9 Å². The van der Waals surface area contributed by atoms with E-state index in [-0.39, 0.29) is 48.5 Å². The maximum Gasteiger partial charge on any atom is 0.317 e. The molecule has 3 heterocycles. The van der Waals surface area contributed by atoms with Crippen molar-refractivity contribution in [2.75, 3.05) is 26.7 Å². The third-order valence-electron chi connectivity index (χ3n) is 7.00. The van der Waals surface area contributed by atoms with Crippen LogP contribution in [0, 0.1) is 5.92 Å². The van der Waals surface area contributed by atoms with E-state index in [9.17, 15) is 14.7 Å². The maximum atomic E-state index is 13.6. The molecule has 1 saturated carbocycles. The zero-order valence-corrected chi connectivity index (χ0v) is 20.7. The molecule has 0 radical (unpaired) electrons. The van der Waals surface area contributed by atoms with Gasteiger partial charge in [0.1, 0.15) is 11.7 Å². The normalized spacial score (nSPS) is 21.5. The van der Waals surface area contributed by atoms with E-state index >= 15 is 0 Å². The van der Waals surface area contributed by atoms with Gasteiger partial charge < -0.3 is 25.0 Å². The Hall–Kier alpha value is -3.20. The smallest absolute Gasteiger partial charge is 0.317 e. The topological polar surface area (TPSA) is 108 Å². The zero-order chi connectivity index (χ0) is 24.9. The fourth-order valence-corrected chi connectivity index (χ4v) is 4.72. The Labute approximate surface area is 206 Å². The van der Waals surface area contributed by atoms with E-state index in [1.54, 1.807) is 41.5 Å². The SMILES string of the molecule is C[C@@H]1CN([C@H](C)CO)C(=O)c2cc(-c3cccnc3)cnc2O[C@@H]1CN(C)C(=O)NC1CCCC1. The van der Waals surface area contributed by atoms with Crippen molar-refractivity contribution in [1.29, 1.82) is 0 Å². The van der Waals surface area contributed by atoms with Gasteiger partial charge in [-0.3, -0.25) is 9.78 Å². The number of hydrogen-bond acceptors (Lipinski definition) is 6. The molecule has 0 bridgehead atoms. The van der Waals surface area contributed by atoms with Crippen LogP contribution in [-0.4, -0.2) is 81.7 Å². The van der Waals surface area contributed by atoms with E-state index in [0.717, 1.165) is 36.8 Å². The number of rotatable bonds is 6. The first-order valence-electron chi connectivity index (χ1n) is 12.4. The highest BCUT2D eigenvalue weighted by atomic mass is 16.5. The number of hydrogen-bond donors (Lipinski definition) is 2. The molecule has 0 spiro atoms. The molecule has 1 fully saturated rings. The van der Waals surface area contributed by atoms with Gasteiger partial charge in [-0.25, -0.2) is 9.78 Å². The van der Waals surface area contributed by atoms with Crippen LogP contribution in [-0.2, 0) is 0 Å². The first kappa shape index (κ1) is 24.9. The third-order valence-corrected chi connectivity index (χ3v) is 7.00. The molecule has 1 aliphatic heterocycles. The third kappa shape index (κ3) is 5.73. The van der Waals surface area contributed by atoms with Crippen LogP contribution >= 0.6 is 0 Å². The van der Waals surface area contributed by atoms with Crippen molar-refractivity contribution in [3.63, 3.8) is 0 Å². The molecule has 0 unspecified atom stereocenters. The summed E-state index contributed by atoms with van der Waals surface area (Å²) in [5.41, 5.74) is 1.93. The van der Waals surface area contributed by atoms with Crippen LogP contribution in [0.15, 0.2) is 36.8 Å². The number of fused-ring (bicyclic) bond motifs is 1. The molecule has 35 heavy (non-hydrogen) atoms. The van der Waals surface area contributed by atoms with Gasteiger partial charge in [-0.2, -0.15) is 0 Å². The molecule has 0 aromatic carbocycles. The molecule has 3 atom stereocenters. The van der Waals surface area contributed by atoms with Crippen LogP contribution in [0.3, 0.4) is 0 Å². The summed E-state index contributed by atoms with van der Waals surface area (Å²) in [6, 6.07) is 5.24. The molecular formula is C26H35N5O4. The lowest BCUT2D eigenvalue weighted by Crippen LogP contribution is -2.52. The molecule has 188 valence electrons. The lowest BCUT2D eigenvalue weighted by Gasteiger charge is -2.37. The number of ether oxygens (including phenoxy) is 1. The molecule has 0 saturated heterocycles. The minimum Gasteiger partial charge on any atom is -0.472 e. The van der Waals surface area contributed by atoms with Crippen molar-refractivity contribution in [2.24, 2.45) is 5.92 Å². The fourth-order valence-electron chi connectivity index (χ4n) is 4.72. The molecule has 9 heteroatoms. The van der Waals surface area contributed by atoms with Gasteiger partial charge >= 0.3 is 6.03 Å². The van der Waals surface area contributed by atoms with E-state index in [4.69, 9.17) is 4.74 Å². The monoisotopic (exact) mass is 481 g/mol. The van der Waals surface area contributed by atoms with Gasteiger partial charge in [0.25, 0.3) is 5.91 Å². The molecule has 9 nitrogen and oxygen atoms in total. The second kappa shape index (κ2) is 11.0. The number of likely N-dealkylation sites (N-methyl/N-ethyl adjacent to an activating group) is 1. The summed E-state index contributed by atoms with van der Waals surface area (Å²) in [7, 11) is 1.76. The second-order valence-electron chi connectivity index (χ2n) is 9.75. The van der Waals surface area contributed by atoms with Crippen molar-refractivity contribution < 1.29 is 19.4 Å².